The highest BCUT2D eigenvalue weighted by atomic mass is 35.5. The number of aromatic nitrogens is 2. The van der Waals surface area contributed by atoms with Crippen LogP contribution in [0.1, 0.15) is 16.1 Å². The lowest BCUT2D eigenvalue weighted by Gasteiger charge is -2.02. The van der Waals surface area contributed by atoms with Crippen LogP contribution in [0.5, 0.6) is 0 Å². The van der Waals surface area contributed by atoms with E-state index in [1.54, 1.807) is 12.1 Å². The third-order valence-electron chi connectivity index (χ3n) is 4.39. The van der Waals surface area contributed by atoms with Gasteiger partial charge in [-0.25, -0.2) is 5.43 Å². The highest BCUT2D eigenvalue weighted by Crippen LogP contribution is 2.24. The van der Waals surface area contributed by atoms with E-state index in [0.29, 0.717) is 16.4 Å². The number of rotatable bonds is 5. The van der Waals surface area contributed by atoms with E-state index in [1.165, 1.54) is 6.21 Å². The first-order valence-electron chi connectivity index (χ1n) is 9.00. The van der Waals surface area contributed by atoms with Crippen molar-refractivity contribution in [3.63, 3.8) is 0 Å². The van der Waals surface area contributed by atoms with Crippen LogP contribution in [-0.2, 0) is 0 Å². The maximum Gasteiger partial charge on any atom is 0.289 e. The van der Waals surface area contributed by atoms with Crippen molar-refractivity contribution in [2.24, 2.45) is 5.10 Å². The molecule has 0 unspecified atom stereocenters. The first-order valence-corrected chi connectivity index (χ1v) is 9.38. The number of hydrogen-bond donors (Lipinski definition) is 2. The van der Waals surface area contributed by atoms with E-state index in [1.807, 2.05) is 60.7 Å². The Labute approximate surface area is 173 Å². The minimum atomic E-state index is -0.382. The van der Waals surface area contributed by atoms with E-state index in [-0.39, 0.29) is 5.91 Å². The van der Waals surface area contributed by atoms with Crippen molar-refractivity contribution < 1.29 is 4.79 Å². The van der Waals surface area contributed by atoms with Crippen LogP contribution in [0.2, 0.25) is 5.02 Å². The predicted octanol–water partition coefficient (Wildman–Crippen LogP) is 5.16. The van der Waals surface area contributed by atoms with Gasteiger partial charge in [0.05, 0.1) is 11.9 Å². The number of hydrogen-bond acceptors (Lipinski definition) is 3. The van der Waals surface area contributed by atoms with Crippen molar-refractivity contribution >= 4 is 23.7 Å². The monoisotopic (exact) mass is 400 g/mol. The fraction of sp³-hybridized carbons (Fsp3) is 0. The van der Waals surface area contributed by atoms with E-state index in [0.717, 1.165) is 22.3 Å². The van der Waals surface area contributed by atoms with Gasteiger partial charge in [0, 0.05) is 16.1 Å². The van der Waals surface area contributed by atoms with Crippen LogP contribution in [0.25, 0.3) is 22.4 Å². The molecule has 0 atom stereocenters. The van der Waals surface area contributed by atoms with Crippen molar-refractivity contribution in [1.82, 2.24) is 15.6 Å². The highest BCUT2D eigenvalue weighted by Gasteiger charge is 2.10. The molecule has 142 valence electrons. The summed E-state index contributed by atoms with van der Waals surface area (Å²) in [5.74, 6) is -0.382. The summed E-state index contributed by atoms with van der Waals surface area (Å²) < 4.78 is 0. The largest absolute Gasteiger partial charge is 0.289 e. The molecule has 0 radical (unpaired) electrons. The van der Waals surface area contributed by atoms with Gasteiger partial charge in [0.1, 0.15) is 5.69 Å². The van der Waals surface area contributed by atoms with Crippen molar-refractivity contribution in [3.8, 4) is 22.4 Å². The number of carbonyl (C=O) groups is 1. The van der Waals surface area contributed by atoms with Gasteiger partial charge in [-0.2, -0.15) is 10.2 Å². The lowest BCUT2D eigenvalue weighted by molar-refractivity contribution is 0.0950. The van der Waals surface area contributed by atoms with Gasteiger partial charge in [-0.3, -0.25) is 9.89 Å². The van der Waals surface area contributed by atoms with Gasteiger partial charge in [0.2, 0.25) is 0 Å². The molecular weight excluding hydrogens is 384 g/mol. The molecule has 3 aromatic carbocycles. The standard InChI is InChI=1S/C23H17ClN4O/c24-20-9-5-4-8-19(20)15-25-28-23(29)22-14-21(26-27-22)18-12-10-17(11-13-18)16-6-2-1-3-7-16/h1-15H,(H,26,27)(H,28,29). The van der Waals surface area contributed by atoms with Gasteiger partial charge in [-0.05, 0) is 23.3 Å². The number of carbonyl (C=O) groups excluding carboxylic acids is 1. The lowest BCUT2D eigenvalue weighted by atomic mass is 10.0. The molecule has 5 nitrogen and oxygen atoms in total. The van der Waals surface area contributed by atoms with Gasteiger partial charge in [0.15, 0.2) is 0 Å². The van der Waals surface area contributed by atoms with Crippen LogP contribution in [0.4, 0.5) is 0 Å². The maximum absolute atomic E-state index is 12.3. The Morgan fingerprint density at radius 1 is 0.897 bits per heavy atom. The Balaban J connectivity index is 1.44. The van der Waals surface area contributed by atoms with E-state index in [2.05, 4.69) is 32.9 Å². The third-order valence-corrected chi connectivity index (χ3v) is 4.73. The van der Waals surface area contributed by atoms with Crippen LogP contribution >= 0.6 is 11.6 Å². The molecule has 0 fully saturated rings. The number of H-pyrrole nitrogens is 1. The molecule has 0 saturated carbocycles. The van der Waals surface area contributed by atoms with Crippen LogP contribution in [-0.4, -0.2) is 22.3 Å². The molecular formula is C23H17ClN4O. The van der Waals surface area contributed by atoms with Gasteiger partial charge in [-0.15, -0.1) is 0 Å². The molecule has 4 rings (SSSR count). The Kier molecular flexibility index (Phi) is 5.49. The van der Waals surface area contributed by atoms with Gasteiger partial charge in [-0.1, -0.05) is 84.4 Å². The second kappa shape index (κ2) is 8.54. The molecule has 0 spiro atoms. The molecule has 1 heterocycles. The summed E-state index contributed by atoms with van der Waals surface area (Å²) in [6, 6.07) is 27.1. The summed E-state index contributed by atoms with van der Waals surface area (Å²) >= 11 is 6.06. The first kappa shape index (κ1) is 18.7. The number of halogens is 1. The normalized spacial score (nSPS) is 10.9. The minimum Gasteiger partial charge on any atom is -0.272 e. The number of aromatic amines is 1. The van der Waals surface area contributed by atoms with E-state index in [9.17, 15) is 4.79 Å². The van der Waals surface area contributed by atoms with Crippen LogP contribution in [0.3, 0.4) is 0 Å². The van der Waals surface area contributed by atoms with Crippen LogP contribution < -0.4 is 5.43 Å². The molecule has 0 bridgehead atoms. The quantitative estimate of drug-likeness (QED) is 0.359. The van der Waals surface area contributed by atoms with E-state index in [4.69, 9.17) is 11.6 Å². The van der Waals surface area contributed by atoms with Crippen LogP contribution in [0.15, 0.2) is 90.0 Å². The molecule has 1 amide bonds. The summed E-state index contributed by atoms with van der Waals surface area (Å²) in [7, 11) is 0. The summed E-state index contributed by atoms with van der Waals surface area (Å²) in [5, 5.41) is 11.5. The zero-order valence-corrected chi connectivity index (χ0v) is 16.1. The Bertz CT molecular complexity index is 1150. The summed E-state index contributed by atoms with van der Waals surface area (Å²) in [4.78, 5) is 12.3. The van der Waals surface area contributed by atoms with Crippen molar-refractivity contribution in [2.45, 2.75) is 0 Å². The Morgan fingerprint density at radius 3 is 2.31 bits per heavy atom. The molecule has 0 aliphatic carbocycles. The number of nitrogens with zero attached hydrogens (tertiary/aromatic N) is 2. The third kappa shape index (κ3) is 4.42. The van der Waals surface area contributed by atoms with E-state index >= 15 is 0 Å². The molecule has 4 aromatic rings. The fourth-order valence-corrected chi connectivity index (χ4v) is 3.03. The zero-order chi connectivity index (χ0) is 20.1. The van der Waals surface area contributed by atoms with Gasteiger partial charge < -0.3 is 0 Å². The predicted molar refractivity (Wildman–Crippen MR) is 116 cm³/mol. The lowest BCUT2D eigenvalue weighted by Crippen LogP contribution is -2.18. The highest BCUT2D eigenvalue weighted by molar-refractivity contribution is 6.33. The molecule has 0 aliphatic rings. The molecule has 0 saturated heterocycles. The Morgan fingerprint density at radius 2 is 1.55 bits per heavy atom. The minimum absolute atomic E-state index is 0.323. The van der Waals surface area contributed by atoms with E-state index < -0.39 is 0 Å². The van der Waals surface area contributed by atoms with Crippen molar-refractivity contribution in [3.05, 3.63) is 101 Å². The number of amides is 1. The smallest absolute Gasteiger partial charge is 0.272 e. The maximum atomic E-state index is 12.3. The van der Waals surface area contributed by atoms with Crippen LogP contribution in [0, 0.1) is 0 Å². The number of hydrazone groups is 1. The zero-order valence-electron chi connectivity index (χ0n) is 15.3. The molecule has 2 N–H and O–H groups in total. The van der Waals surface area contributed by atoms with Crippen molar-refractivity contribution in [1.29, 1.82) is 0 Å². The summed E-state index contributed by atoms with van der Waals surface area (Å²) in [6.07, 6.45) is 1.50. The Hall–Kier alpha value is -3.70. The molecule has 6 heteroatoms. The summed E-state index contributed by atoms with van der Waals surface area (Å²) in [5.41, 5.74) is 7.39. The fourth-order valence-electron chi connectivity index (χ4n) is 2.85. The first-order chi connectivity index (χ1) is 14.2. The average molecular weight is 401 g/mol. The molecule has 1 aromatic heterocycles. The molecule has 29 heavy (non-hydrogen) atoms. The molecule has 0 aliphatic heterocycles. The summed E-state index contributed by atoms with van der Waals surface area (Å²) in [6.45, 7) is 0. The SMILES string of the molecule is O=C(NN=Cc1ccccc1Cl)c1cc(-c2ccc(-c3ccccc3)cc2)n[nH]1. The second-order valence-electron chi connectivity index (χ2n) is 6.33. The topological polar surface area (TPSA) is 70.1 Å². The van der Waals surface area contributed by atoms with Crippen molar-refractivity contribution in [2.75, 3.05) is 0 Å². The van der Waals surface area contributed by atoms with Gasteiger partial charge in [0.25, 0.3) is 5.91 Å². The average Bonchev–Trinajstić information content (AvgIpc) is 3.26. The van der Waals surface area contributed by atoms with Gasteiger partial charge >= 0.3 is 0 Å². The second-order valence-corrected chi connectivity index (χ2v) is 6.74. The number of nitrogens with one attached hydrogen (secondary N) is 2. The number of benzene rings is 3.